The fraction of sp³-hybridized carbons (Fsp3) is 0.562. The van der Waals surface area contributed by atoms with Crippen LogP contribution in [-0.2, 0) is 4.79 Å². The molecule has 118 valence electrons. The Bertz CT molecular complexity index is 448. The summed E-state index contributed by atoms with van der Waals surface area (Å²) in [6.45, 7) is 4.32. The van der Waals surface area contributed by atoms with Crippen LogP contribution in [0.5, 0.6) is 5.75 Å². The van der Waals surface area contributed by atoms with E-state index < -0.39 is 0 Å². The molecule has 0 bridgehead atoms. The number of nitrogens with one attached hydrogen (secondary N) is 2. The summed E-state index contributed by atoms with van der Waals surface area (Å²) in [5.41, 5.74) is 0.795. The standard InChI is InChI=1S/C16H24N2O2.ClH/c1-12(13-5-4-8-17-11-13)9-16(19)18-14-6-3-7-15(10-14)20-2;/h3,6-7,10,12-13,17H,4-5,8-9,11H2,1-2H3,(H,18,19);1H. The van der Waals surface area contributed by atoms with E-state index in [-0.39, 0.29) is 18.3 Å². The Morgan fingerprint density at radius 3 is 3.00 bits per heavy atom. The van der Waals surface area contributed by atoms with Gasteiger partial charge in [0.2, 0.25) is 5.91 Å². The third-order valence-electron chi connectivity index (χ3n) is 4.00. The van der Waals surface area contributed by atoms with Crippen LogP contribution >= 0.6 is 12.4 Å². The molecule has 1 aromatic carbocycles. The minimum atomic E-state index is 0. The van der Waals surface area contributed by atoms with Crippen molar-refractivity contribution in [3.63, 3.8) is 0 Å². The number of hydrogen-bond acceptors (Lipinski definition) is 3. The molecular weight excluding hydrogens is 288 g/mol. The van der Waals surface area contributed by atoms with E-state index in [1.54, 1.807) is 7.11 Å². The van der Waals surface area contributed by atoms with E-state index in [0.717, 1.165) is 24.5 Å². The second kappa shape index (κ2) is 8.90. The molecular formula is C16H25ClN2O2. The number of methoxy groups -OCH3 is 1. The van der Waals surface area contributed by atoms with Crippen LogP contribution in [0.25, 0.3) is 0 Å². The van der Waals surface area contributed by atoms with Crippen LogP contribution in [0.15, 0.2) is 24.3 Å². The lowest BCUT2D eigenvalue weighted by atomic mass is 9.85. The zero-order chi connectivity index (χ0) is 14.4. The maximum absolute atomic E-state index is 12.1. The molecule has 1 fully saturated rings. The first-order valence-corrected chi connectivity index (χ1v) is 7.33. The van der Waals surface area contributed by atoms with E-state index >= 15 is 0 Å². The molecule has 4 nitrogen and oxygen atoms in total. The van der Waals surface area contributed by atoms with Gasteiger partial charge in [0.1, 0.15) is 5.75 Å². The second-order valence-corrected chi connectivity index (χ2v) is 5.57. The van der Waals surface area contributed by atoms with Crippen molar-refractivity contribution in [2.75, 3.05) is 25.5 Å². The number of carbonyl (C=O) groups is 1. The monoisotopic (exact) mass is 312 g/mol. The lowest BCUT2D eigenvalue weighted by Crippen LogP contribution is -2.34. The lowest BCUT2D eigenvalue weighted by Gasteiger charge is -2.28. The molecule has 0 radical (unpaired) electrons. The highest BCUT2D eigenvalue weighted by Crippen LogP contribution is 2.23. The predicted molar refractivity (Wildman–Crippen MR) is 88.2 cm³/mol. The number of piperidine rings is 1. The summed E-state index contributed by atoms with van der Waals surface area (Å²) < 4.78 is 5.15. The van der Waals surface area contributed by atoms with Gasteiger partial charge in [-0.15, -0.1) is 12.4 Å². The van der Waals surface area contributed by atoms with Gasteiger partial charge in [-0.05, 0) is 49.9 Å². The average Bonchev–Trinajstić information content (AvgIpc) is 2.48. The van der Waals surface area contributed by atoms with Gasteiger partial charge in [0.15, 0.2) is 0 Å². The smallest absolute Gasteiger partial charge is 0.224 e. The topological polar surface area (TPSA) is 50.4 Å². The largest absolute Gasteiger partial charge is 0.497 e. The van der Waals surface area contributed by atoms with Crippen molar-refractivity contribution in [2.45, 2.75) is 26.2 Å². The molecule has 1 aliphatic heterocycles. The molecule has 1 heterocycles. The summed E-state index contributed by atoms with van der Waals surface area (Å²) in [7, 11) is 1.62. The summed E-state index contributed by atoms with van der Waals surface area (Å²) in [6.07, 6.45) is 3.01. The van der Waals surface area contributed by atoms with Crippen molar-refractivity contribution in [3.05, 3.63) is 24.3 Å². The maximum atomic E-state index is 12.1. The van der Waals surface area contributed by atoms with Crippen molar-refractivity contribution < 1.29 is 9.53 Å². The highest BCUT2D eigenvalue weighted by molar-refractivity contribution is 5.91. The normalized spacial score (nSPS) is 19.2. The molecule has 2 N–H and O–H groups in total. The predicted octanol–water partition coefficient (Wildman–Crippen LogP) is 3.08. The van der Waals surface area contributed by atoms with E-state index in [4.69, 9.17) is 4.74 Å². The van der Waals surface area contributed by atoms with Crippen molar-refractivity contribution in [2.24, 2.45) is 11.8 Å². The van der Waals surface area contributed by atoms with Crippen LogP contribution in [0.2, 0.25) is 0 Å². The summed E-state index contributed by atoms with van der Waals surface area (Å²) in [5.74, 6) is 1.86. The lowest BCUT2D eigenvalue weighted by molar-refractivity contribution is -0.117. The van der Waals surface area contributed by atoms with Crippen molar-refractivity contribution >= 4 is 24.0 Å². The number of ether oxygens (including phenoxy) is 1. The highest BCUT2D eigenvalue weighted by Gasteiger charge is 2.21. The molecule has 0 saturated carbocycles. The van der Waals surface area contributed by atoms with E-state index in [0.29, 0.717) is 18.3 Å². The van der Waals surface area contributed by atoms with Gasteiger partial charge in [-0.2, -0.15) is 0 Å². The van der Waals surface area contributed by atoms with E-state index in [2.05, 4.69) is 17.6 Å². The van der Waals surface area contributed by atoms with Crippen LogP contribution in [0.1, 0.15) is 26.2 Å². The minimum absolute atomic E-state index is 0. The molecule has 21 heavy (non-hydrogen) atoms. The Labute approximate surface area is 133 Å². The molecule has 1 amide bonds. The van der Waals surface area contributed by atoms with Crippen LogP contribution < -0.4 is 15.4 Å². The molecule has 0 aliphatic carbocycles. The molecule has 2 rings (SSSR count). The fourth-order valence-corrected chi connectivity index (χ4v) is 2.74. The summed E-state index contributed by atoms with van der Waals surface area (Å²) in [5, 5.41) is 6.35. The number of carbonyl (C=O) groups excluding carboxylic acids is 1. The number of hydrogen-bond donors (Lipinski definition) is 2. The number of halogens is 1. The van der Waals surface area contributed by atoms with Crippen LogP contribution in [-0.4, -0.2) is 26.1 Å². The van der Waals surface area contributed by atoms with Crippen LogP contribution in [0.4, 0.5) is 5.69 Å². The van der Waals surface area contributed by atoms with Crippen molar-refractivity contribution in [3.8, 4) is 5.75 Å². The molecule has 0 aromatic heterocycles. The third-order valence-corrected chi connectivity index (χ3v) is 4.00. The number of amides is 1. The van der Waals surface area contributed by atoms with Crippen LogP contribution in [0, 0.1) is 11.8 Å². The first-order chi connectivity index (χ1) is 9.69. The average molecular weight is 313 g/mol. The quantitative estimate of drug-likeness (QED) is 0.878. The molecule has 5 heteroatoms. The van der Waals surface area contributed by atoms with Crippen molar-refractivity contribution in [1.82, 2.24) is 5.32 Å². The van der Waals surface area contributed by atoms with Gasteiger partial charge in [0.05, 0.1) is 7.11 Å². The van der Waals surface area contributed by atoms with Gasteiger partial charge in [-0.3, -0.25) is 4.79 Å². The van der Waals surface area contributed by atoms with Gasteiger partial charge in [0.25, 0.3) is 0 Å². The highest BCUT2D eigenvalue weighted by atomic mass is 35.5. The summed E-state index contributed by atoms with van der Waals surface area (Å²) in [6, 6.07) is 7.47. The minimum Gasteiger partial charge on any atom is -0.497 e. The Morgan fingerprint density at radius 2 is 2.33 bits per heavy atom. The molecule has 2 atom stereocenters. The molecule has 1 saturated heterocycles. The maximum Gasteiger partial charge on any atom is 0.224 e. The first-order valence-electron chi connectivity index (χ1n) is 7.33. The first kappa shape index (κ1) is 17.8. The molecule has 1 aromatic rings. The third kappa shape index (κ3) is 5.56. The second-order valence-electron chi connectivity index (χ2n) is 5.57. The van der Waals surface area contributed by atoms with Gasteiger partial charge in [-0.1, -0.05) is 13.0 Å². The van der Waals surface area contributed by atoms with Gasteiger partial charge >= 0.3 is 0 Å². The van der Waals surface area contributed by atoms with Gasteiger partial charge in [0, 0.05) is 18.2 Å². The molecule has 0 spiro atoms. The molecule has 1 aliphatic rings. The Kier molecular flexibility index (Phi) is 7.54. The Hall–Kier alpha value is -1.26. The number of rotatable bonds is 5. The Balaban J connectivity index is 0.00000220. The Morgan fingerprint density at radius 1 is 1.52 bits per heavy atom. The summed E-state index contributed by atoms with van der Waals surface area (Å²) >= 11 is 0. The zero-order valence-electron chi connectivity index (χ0n) is 12.7. The summed E-state index contributed by atoms with van der Waals surface area (Å²) in [4.78, 5) is 12.1. The van der Waals surface area contributed by atoms with E-state index in [1.807, 2.05) is 24.3 Å². The van der Waals surface area contributed by atoms with E-state index in [1.165, 1.54) is 12.8 Å². The zero-order valence-corrected chi connectivity index (χ0v) is 13.5. The number of benzene rings is 1. The van der Waals surface area contributed by atoms with Crippen molar-refractivity contribution in [1.29, 1.82) is 0 Å². The fourth-order valence-electron chi connectivity index (χ4n) is 2.74. The van der Waals surface area contributed by atoms with Gasteiger partial charge < -0.3 is 15.4 Å². The van der Waals surface area contributed by atoms with Gasteiger partial charge in [-0.25, -0.2) is 0 Å². The number of anilines is 1. The van der Waals surface area contributed by atoms with Crippen LogP contribution in [0.3, 0.4) is 0 Å². The molecule has 2 unspecified atom stereocenters. The SMILES string of the molecule is COc1cccc(NC(=O)CC(C)C2CCCNC2)c1.Cl. The van der Waals surface area contributed by atoms with E-state index in [9.17, 15) is 4.79 Å².